The van der Waals surface area contributed by atoms with Gasteiger partial charge in [0.15, 0.2) is 0 Å². The second-order valence-corrected chi connectivity index (χ2v) is 9.18. The molecule has 0 bridgehead atoms. The van der Waals surface area contributed by atoms with E-state index in [1.54, 1.807) is 19.0 Å². The number of rotatable bonds is 3. The molecule has 7 heteroatoms. The number of hydrogen-bond donors (Lipinski definition) is 3. The Morgan fingerprint density at radius 1 is 1.00 bits per heavy atom. The molecule has 4 heterocycles. The van der Waals surface area contributed by atoms with Gasteiger partial charge in [-0.3, -0.25) is 4.79 Å². The first-order valence-corrected chi connectivity index (χ1v) is 11.7. The maximum atomic E-state index is 12.3. The molecule has 0 atom stereocenters. The van der Waals surface area contributed by atoms with E-state index in [2.05, 4.69) is 38.7 Å². The van der Waals surface area contributed by atoms with Gasteiger partial charge in [-0.25, -0.2) is 4.98 Å². The summed E-state index contributed by atoms with van der Waals surface area (Å²) < 4.78 is 0. The van der Waals surface area contributed by atoms with Crippen LogP contribution in [-0.4, -0.2) is 61.0 Å². The van der Waals surface area contributed by atoms with E-state index in [0.717, 1.165) is 66.1 Å². The lowest BCUT2D eigenvalue weighted by atomic mass is 9.92. The molecule has 0 spiro atoms. The molecule has 172 valence electrons. The molecule has 0 saturated carbocycles. The molecule has 6 rings (SSSR count). The van der Waals surface area contributed by atoms with Gasteiger partial charge in [0, 0.05) is 81.6 Å². The Balaban J connectivity index is 1.40. The minimum Gasteiger partial charge on any atom is -0.380 e. The molecule has 1 saturated heterocycles. The average molecular weight is 453 g/mol. The molecule has 2 aliphatic rings. The zero-order valence-electron chi connectivity index (χ0n) is 19.5. The number of carbonyl (C=O) groups is 1. The Morgan fingerprint density at radius 2 is 1.79 bits per heavy atom. The third-order valence-electron chi connectivity index (χ3n) is 6.87. The minimum absolute atomic E-state index is 0.00276. The van der Waals surface area contributed by atoms with E-state index >= 15 is 0 Å². The lowest BCUT2D eigenvalue weighted by molar-refractivity contribution is 0.0827. The molecule has 0 radical (unpaired) electrons. The fourth-order valence-corrected chi connectivity index (χ4v) is 5.05. The number of fused-ring (bicyclic) bond motifs is 5. The quantitative estimate of drug-likeness (QED) is 0.439. The van der Waals surface area contributed by atoms with Crippen molar-refractivity contribution in [2.45, 2.75) is 6.54 Å². The van der Waals surface area contributed by atoms with Crippen LogP contribution in [0.3, 0.4) is 0 Å². The fourth-order valence-electron chi connectivity index (χ4n) is 5.05. The van der Waals surface area contributed by atoms with Crippen LogP contribution < -0.4 is 15.5 Å². The first-order chi connectivity index (χ1) is 16.6. The topological polar surface area (TPSA) is 76.3 Å². The Kier molecular flexibility index (Phi) is 4.99. The summed E-state index contributed by atoms with van der Waals surface area (Å²) in [4.78, 5) is 24.4. The Bertz CT molecular complexity index is 1380. The van der Waals surface area contributed by atoms with Crippen LogP contribution in [0, 0.1) is 0 Å². The van der Waals surface area contributed by atoms with Crippen LogP contribution in [0.2, 0.25) is 0 Å². The SMILES string of the molecule is CN(C)C(=O)c1ccc(-c2c[nH]c3ncc4c(c23)NCc2cc(N3CCNCC3)ccc2-4)cc1. The number of piperazine rings is 1. The molecule has 2 aromatic carbocycles. The zero-order chi connectivity index (χ0) is 23.2. The van der Waals surface area contributed by atoms with Crippen LogP contribution in [0.4, 0.5) is 11.4 Å². The van der Waals surface area contributed by atoms with Crippen molar-refractivity contribution >= 4 is 28.3 Å². The summed E-state index contributed by atoms with van der Waals surface area (Å²) in [5.74, 6) is 0.00276. The minimum atomic E-state index is 0.00276. The zero-order valence-corrected chi connectivity index (χ0v) is 19.5. The number of anilines is 2. The van der Waals surface area contributed by atoms with Crippen molar-refractivity contribution in [2.75, 3.05) is 50.5 Å². The molecular formula is C27H28N6O. The van der Waals surface area contributed by atoms with Crippen molar-refractivity contribution in [3.63, 3.8) is 0 Å². The van der Waals surface area contributed by atoms with E-state index in [-0.39, 0.29) is 5.91 Å². The van der Waals surface area contributed by atoms with Gasteiger partial charge < -0.3 is 25.4 Å². The first-order valence-electron chi connectivity index (χ1n) is 11.7. The highest BCUT2D eigenvalue weighted by Gasteiger charge is 2.23. The lowest BCUT2D eigenvalue weighted by Crippen LogP contribution is -2.43. The van der Waals surface area contributed by atoms with E-state index in [4.69, 9.17) is 4.98 Å². The molecule has 0 aliphatic carbocycles. The van der Waals surface area contributed by atoms with Gasteiger partial charge in [-0.2, -0.15) is 0 Å². The molecule has 4 aromatic rings. The Morgan fingerprint density at radius 3 is 2.56 bits per heavy atom. The van der Waals surface area contributed by atoms with E-state index in [9.17, 15) is 4.79 Å². The molecule has 1 fully saturated rings. The van der Waals surface area contributed by atoms with Crippen molar-refractivity contribution in [3.05, 3.63) is 66.0 Å². The van der Waals surface area contributed by atoms with Gasteiger partial charge in [0.2, 0.25) is 0 Å². The van der Waals surface area contributed by atoms with E-state index in [1.165, 1.54) is 16.8 Å². The highest BCUT2D eigenvalue weighted by atomic mass is 16.2. The van der Waals surface area contributed by atoms with Gasteiger partial charge in [0.05, 0.1) is 11.1 Å². The van der Waals surface area contributed by atoms with Gasteiger partial charge >= 0.3 is 0 Å². The van der Waals surface area contributed by atoms with Crippen LogP contribution in [0.5, 0.6) is 0 Å². The molecule has 0 unspecified atom stereocenters. The lowest BCUT2D eigenvalue weighted by Gasteiger charge is -2.31. The Labute approximate surface area is 198 Å². The number of benzene rings is 2. The third kappa shape index (κ3) is 3.40. The van der Waals surface area contributed by atoms with Crippen LogP contribution in [0.1, 0.15) is 15.9 Å². The van der Waals surface area contributed by atoms with Crippen LogP contribution >= 0.6 is 0 Å². The maximum Gasteiger partial charge on any atom is 0.253 e. The summed E-state index contributed by atoms with van der Waals surface area (Å²) >= 11 is 0. The molecular weight excluding hydrogens is 424 g/mol. The smallest absolute Gasteiger partial charge is 0.253 e. The summed E-state index contributed by atoms with van der Waals surface area (Å²) in [5.41, 5.74) is 9.73. The number of H-pyrrole nitrogens is 1. The van der Waals surface area contributed by atoms with Crippen LogP contribution in [0.15, 0.2) is 54.9 Å². The average Bonchev–Trinajstić information content (AvgIpc) is 3.33. The predicted octanol–water partition coefficient (Wildman–Crippen LogP) is 3.93. The number of nitrogens with zero attached hydrogens (tertiary/aromatic N) is 3. The number of aromatic nitrogens is 2. The predicted molar refractivity (Wildman–Crippen MR) is 137 cm³/mol. The summed E-state index contributed by atoms with van der Waals surface area (Å²) in [5, 5.41) is 8.19. The molecule has 7 nitrogen and oxygen atoms in total. The van der Waals surface area contributed by atoms with Gasteiger partial charge in [-0.1, -0.05) is 18.2 Å². The highest BCUT2D eigenvalue weighted by Crippen LogP contribution is 2.43. The van der Waals surface area contributed by atoms with Crippen LogP contribution in [0.25, 0.3) is 33.3 Å². The molecule has 34 heavy (non-hydrogen) atoms. The Hall–Kier alpha value is -3.84. The second-order valence-electron chi connectivity index (χ2n) is 9.18. The number of aromatic amines is 1. The van der Waals surface area contributed by atoms with E-state index in [0.29, 0.717) is 5.56 Å². The van der Waals surface area contributed by atoms with Crippen LogP contribution in [-0.2, 0) is 6.54 Å². The van der Waals surface area contributed by atoms with Crippen molar-refractivity contribution < 1.29 is 4.79 Å². The third-order valence-corrected chi connectivity index (χ3v) is 6.87. The molecule has 2 aromatic heterocycles. The number of carbonyl (C=O) groups excluding carboxylic acids is 1. The van der Waals surface area contributed by atoms with E-state index < -0.39 is 0 Å². The van der Waals surface area contributed by atoms with Gasteiger partial charge in [-0.05, 0) is 41.0 Å². The summed E-state index contributed by atoms with van der Waals surface area (Å²) in [6.45, 7) is 4.91. The van der Waals surface area contributed by atoms with E-state index in [1.807, 2.05) is 36.7 Å². The normalized spacial score (nSPS) is 14.9. The number of pyridine rings is 1. The maximum absolute atomic E-state index is 12.3. The van der Waals surface area contributed by atoms with Crippen molar-refractivity contribution in [3.8, 4) is 22.3 Å². The molecule has 2 aliphatic heterocycles. The highest BCUT2D eigenvalue weighted by molar-refractivity contribution is 6.08. The van der Waals surface area contributed by atoms with Crippen molar-refractivity contribution in [2.24, 2.45) is 0 Å². The second kappa shape index (κ2) is 8.18. The van der Waals surface area contributed by atoms with Crippen molar-refractivity contribution in [1.29, 1.82) is 0 Å². The molecule has 3 N–H and O–H groups in total. The summed E-state index contributed by atoms with van der Waals surface area (Å²) in [6.07, 6.45) is 3.97. The summed E-state index contributed by atoms with van der Waals surface area (Å²) in [6, 6.07) is 14.6. The monoisotopic (exact) mass is 452 g/mol. The van der Waals surface area contributed by atoms with Crippen molar-refractivity contribution in [1.82, 2.24) is 20.2 Å². The van der Waals surface area contributed by atoms with Gasteiger partial charge in [-0.15, -0.1) is 0 Å². The fraction of sp³-hybridized carbons (Fsp3) is 0.259. The first kappa shape index (κ1) is 20.7. The van der Waals surface area contributed by atoms with Gasteiger partial charge in [0.1, 0.15) is 5.65 Å². The largest absolute Gasteiger partial charge is 0.380 e. The number of amides is 1. The standard InChI is InChI=1S/C27H28N6O/c1-32(2)27(34)18-5-3-17(4-6-18)22-15-30-26-24(22)25-23(16-31-26)21-8-7-20(13-19(21)14-29-25)33-11-9-28-10-12-33/h3-8,13,15-16,28-29H,9-12,14H2,1-2H3,(H,30,31). The number of nitrogens with one attached hydrogen (secondary N) is 3. The molecule has 1 amide bonds. The number of hydrogen-bond acceptors (Lipinski definition) is 5. The summed E-state index contributed by atoms with van der Waals surface area (Å²) in [7, 11) is 3.54. The van der Waals surface area contributed by atoms with Gasteiger partial charge in [0.25, 0.3) is 5.91 Å².